The van der Waals surface area contributed by atoms with Crippen molar-refractivity contribution in [2.24, 2.45) is 0 Å². The Balaban J connectivity index is 1.83. The van der Waals surface area contributed by atoms with Gasteiger partial charge in [-0.3, -0.25) is 4.90 Å². The molecule has 1 heterocycles. The first-order valence-electron chi connectivity index (χ1n) is 7.89. The Morgan fingerprint density at radius 1 is 1.20 bits per heavy atom. The molecule has 1 N–H and O–H groups in total. The number of likely N-dealkylation sites (N-methyl/N-ethyl adjacent to an activating group) is 1. The molecule has 2 unspecified atom stereocenters. The summed E-state index contributed by atoms with van der Waals surface area (Å²) in [5, 5.41) is 3.70. The highest BCUT2D eigenvalue weighted by Crippen LogP contribution is 2.35. The van der Waals surface area contributed by atoms with E-state index in [9.17, 15) is 0 Å². The molecule has 110 valence electrons. The fourth-order valence-electron chi connectivity index (χ4n) is 3.87. The number of benzene rings is 1. The molecule has 3 heteroatoms. The molecular weight excluding hydrogens is 248 g/mol. The summed E-state index contributed by atoms with van der Waals surface area (Å²) in [7, 11) is 0. The van der Waals surface area contributed by atoms with Gasteiger partial charge in [0.2, 0.25) is 0 Å². The largest absolute Gasteiger partial charge is 0.373 e. The summed E-state index contributed by atoms with van der Waals surface area (Å²) >= 11 is 0. The zero-order valence-electron chi connectivity index (χ0n) is 12.8. The molecule has 1 aliphatic carbocycles. The van der Waals surface area contributed by atoms with Gasteiger partial charge in [0, 0.05) is 25.2 Å². The number of morpholine rings is 1. The van der Waals surface area contributed by atoms with Crippen molar-refractivity contribution in [3.05, 3.63) is 35.4 Å². The molecule has 3 rings (SSSR count). The summed E-state index contributed by atoms with van der Waals surface area (Å²) in [6.07, 6.45) is 1.84. The lowest BCUT2D eigenvalue weighted by Gasteiger charge is -2.41. The second kappa shape index (κ2) is 5.84. The molecule has 3 nitrogen and oxygen atoms in total. The molecule has 1 aromatic rings. The van der Waals surface area contributed by atoms with E-state index >= 15 is 0 Å². The van der Waals surface area contributed by atoms with E-state index in [1.54, 1.807) is 0 Å². The number of hydrogen-bond donors (Lipinski definition) is 1. The number of nitrogens with one attached hydrogen (secondary N) is 1. The Bertz CT molecular complexity index is 452. The van der Waals surface area contributed by atoms with E-state index in [1.165, 1.54) is 11.1 Å². The standard InChI is InChI=1S/C17H26N2O/c1-4-18-17-15-8-6-5-7-14(15)9-16(17)19-10-12(2)20-13(3)11-19/h5-8,12-13,16-18H,4,9-11H2,1-3H3/t12-,13+,16?,17?. The first kappa shape index (κ1) is 14.1. The van der Waals surface area contributed by atoms with E-state index in [0.717, 1.165) is 26.1 Å². The smallest absolute Gasteiger partial charge is 0.0678 e. The fourth-order valence-corrected chi connectivity index (χ4v) is 3.87. The Hall–Kier alpha value is -0.900. The van der Waals surface area contributed by atoms with Crippen LogP contribution in [-0.4, -0.2) is 42.8 Å². The zero-order valence-corrected chi connectivity index (χ0v) is 12.8. The van der Waals surface area contributed by atoms with Crippen LogP contribution in [-0.2, 0) is 11.2 Å². The normalized spacial score (nSPS) is 34.1. The average molecular weight is 274 g/mol. The molecule has 20 heavy (non-hydrogen) atoms. The lowest BCUT2D eigenvalue weighted by atomic mass is 10.0. The van der Waals surface area contributed by atoms with Crippen LogP contribution in [0.5, 0.6) is 0 Å². The van der Waals surface area contributed by atoms with Gasteiger partial charge in [0.15, 0.2) is 0 Å². The monoisotopic (exact) mass is 274 g/mol. The first-order valence-corrected chi connectivity index (χ1v) is 7.89. The van der Waals surface area contributed by atoms with Crippen LogP contribution in [0, 0.1) is 0 Å². The van der Waals surface area contributed by atoms with Crippen molar-refractivity contribution in [2.45, 2.75) is 51.5 Å². The Morgan fingerprint density at radius 3 is 2.60 bits per heavy atom. The number of rotatable bonds is 3. The van der Waals surface area contributed by atoms with Crippen LogP contribution in [0.15, 0.2) is 24.3 Å². The van der Waals surface area contributed by atoms with Gasteiger partial charge in [0.1, 0.15) is 0 Å². The van der Waals surface area contributed by atoms with Crippen LogP contribution in [0.3, 0.4) is 0 Å². The highest BCUT2D eigenvalue weighted by molar-refractivity contribution is 5.37. The van der Waals surface area contributed by atoms with Crippen molar-refractivity contribution in [1.29, 1.82) is 0 Å². The molecule has 4 atom stereocenters. The van der Waals surface area contributed by atoms with Gasteiger partial charge in [-0.05, 0) is 37.9 Å². The van der Waals surface area contributed by atoms with Crippen molar-refractivity contribution in [3.63, 3.8) is 0 Å². The van der Waals surface area contributed by atoms with Gasteiger partial charge >= 0.3 is 0 Å². The third-order valence-electron chi connectivity index (χ3n) is 4.54. The predicted molar refractivity (Wildman–Crippen MR) is 81.9 cm³/mol. The van der Waals surface area contributed by atoms with Crippen LogP contribution >= 0.6 is 0 Å². The summed E-state index contributed by atoms with van der Waals surface area (Å²) in [5.41, 5.74) is 3.00. The van der Waals surface area contributed by atoms with Crippen molar-refractivity contribution in [2.75, 3.05) is 19.6 Å². The first-order chi connectivity index (χ1) is 9.69. The van der Waals surface area contributed by atoms with Crippen LogP contribution in [0.4, 0.5) is 0 Å². The lowest BCUT2D eigenvalue weighted by Crippen LogP contribution is -2.53. The number of hydrogen-bond acceptors (Lipinski definition) is 3. The van der Waals surface area contributed by atoms with Gasteiger partial charge in [-0.25, -0.2) is 0 Å². The van der Waals surface area contributed by atoms with Gasteiger partial charge < -0.3 is 10.1 Å². The minimum Gasteiger partial charge on any atom is -0.373 e. The fraction of sp³-hybridized carbons (Fsp3) is 0.647. The van der Waals surface area contributed by atoms with E-state index in [4.69, 9.17) is 4.74 Å². The van der Waals surface area contributed by atoms with Crippen LogP contribution in [0.1, 0.15) is 37.9 Å². The van der Waals surface area contributed by atoms with Crippen molar-refractivity contribution < 1.29 is 4.74 Å². The predicted octanol–water partition coefficient (Wildman–Crippen LogP) is 2.37. The van der Waals surface area contributed by atoms with Gasteiger partial charge in [0.25, 0.3) is 0 Å². The molecule has 0 amide bonds. The maximum absolute atomic E-state index is 5.89. The van der Waals surface area contributed by atoms with E-state index in [2.05, 4.69) is 55.3 Å². The highest BCUT2D eigenvalue weighted by atomic mass is 16.5. The molecule has 0 radical (unpaired) electrons. The quantitative estimate of drug-likeness (QED) is 0.916. The summed E-state index contributed by atoms with van der Waals surface area (Å²) in [4.78, 5) is 2.63. The summed E-state index contributed by atoms with van der Waals surface area (Å²) in [5.74, 6) is 0. The molecule has 1 fully saturated rings. The van der Waals surface area contributed by atoms with Gasteiger partial charge in [-0.2, -0.15) is 0 Å². The minimum absolute atomic E-state index is 0.338. The molecule has 0 spiro atoms. The molecular formula is C17H26N2O. The van der Waals surface area contributed by atoms with E-state index in [1.807, 2.05) is 0 Å². The van der Waals surface area contributed by atoms with Crippen LogP contribution in [0.2, 0.25) is 0 Å². The van der Waals surface area contributed by atoms with Crippen molar-refractivity contribution >= 4 is 0 Å². The second-order valence-electron chi connectivity index (χ2n) is 6.22. The molecule has 1 aliphatic heterocycles. The second-order valence-corrected chi connectivity index (χ2v) is 6.22. The molecule has 0 bridgehead atoms. The molecule has 0 saturated carbocycles. The number of nitrogens with zero attached hydrogens (tertiary/aromatic N) is 1. The average Bonchev–Trinajstić information content (AvgIpc) is 2.77. The topological polar surface area (TPSA) is 24.5 Å². The van der Waals surface area contributed by atoms with E-state index in [0.29, 0.717) is 24.3 Å². The maximum atomic E-state index is 5.89. The molecule has 1 aromatic carbocycles. The molecule has 0 aromatic heterocycles. The van der Waals surface area contributed by atoms with Crippen molar-refractivity contribution in [3.8, 4) is 0 Å². The Labute approximate surface area is 122 Å². The third-order valence-corrected chi connectivity index (χ3v) is 4.54. The Morgan fingerprint density at radius 2 is 1.90 bits per heavy atom. The zero-order chi connectivity index (χ0) is 14.1. The Kier molecular flexibility index (Phi) is 4.11. The summed E-state index contributed by atoms with van der Waals surface area (Å²) in [6, 6.07) is 9.93. The van der Waals surface area contributed by atoms with E-state index < -0.39 is 0 Å². The summed E-state index contributed by atoms with van der Waals surface area (Å²) < 4.78 is 5.89. The van der Waals surface area contributed by atoms with Gasteiger partial charge in [-0.1, -0.05) is 31.2 Å². The molecule has 2 aliphatic rings. The van der Waals surface area contributed by atoms with Crippen LogP contribution in [0.25, 0.3) is 0 Å². The SMILES string of the molecule is CCNC1c2ccccc2CC1N1C[C@@H](C)O[C@@H](C)C1. The minimum atomic E-state index is 0.338. The van der Waals surface area contributed by atoms with Gasteiger partial charge in [-0.15, -0.1) is 0 Å². The molecule has 1 saturated heterocycles. The number of fused-ring (bicyclic) bond motifs is 1. The summed E-state index contributed by atoms with van der Waals surface area (Å²) in [6.45, 7) is 9.68. The van der Waals surface area contributed by atoms with Crippen molar-refractivity contribution in [1.82, 2.24) is 10.2 Å². The highest BCUT2D eigenvalue weighted by Gasteiger charge is 2.38. The number of ether oxygens (including phenoxy) is 1. The van der Waals surface area contributed by atoms with E-state index in [-0.39, 0.29) is 0 Å². The maximum Gasteiger partial charge on any atom is 0.0678 e. The van der Waals surface area contributed by atoms with Gasteiger partial charge in [0.05, 0.1) is 12.2 Å². The lowest BCUT2D eigenvalue weighted by molar-refractivity contribution is -0.0830. The van der Waals surface area contributed by atoms with Crippen LogP contribution < -0.4 is 5.32 Å². The third kappa shape index (κ3) is 2.62.